The van der Waals surface area contributed by atoms with Gasteiger partial charge >= 0.3 is 0 Å². The number of hydrogen-bond acceptors (Lipinski definition) is 1. The van der Waals surface area contributed by atoms with Crippen LogP contribution in [-0.4, -0.2) is 24.0 Å². The highest BCUT2D eigenvalue weighted by Gasteiger charge is 2.42. The zero-order valence-electron chi connectivity index (χ0n) is 10.1. The summed E-state index contributed by atoms with van der Waals surface area (Å²) in [6.07, 6.45) is 7.42. The Hall–Kier alpha value is -0.0400. The Balaban J connectivity index is 1.94. The summed E-state index contributed by atoms with van der Waals surface area (Å²) in [6, 6.07) is 0.754. The van der Waals surface area contributed by atoms with Gasteiger partial charge in [-0.2, -0.15) is 0 Å². The first-order valence-corrected chi connectivity index (χ1v) is 6.38. The molecule has 2 fully saturated rings. The van der Waals surface area contributed by atoms with Gasteiger partial charge in [0.2, 0.25) is 0 Å². The lowest BCUT2D eigenvalue weighted by molar-refractivity contribution is 0.0586. The van der Waals surface area contributed by atoms with E-state index in [1.807, 2.05) is 0 Å². The molecule has 1 spiro atoms. The molecule has 1 saturated carbocycles. The maximum Gasteiger partial charge on any atom is 0.00385 e. The fraction of sp³-hybridized carbons (Fsp3) is 1.00. The van der Waals surface area contributed by atoms with Crippen LogP contribution in [0.15, 0.2) is 0 Å². The van der Waals surface area contributed by atoms with Crippen molar-refractivity contribution < 1.29 is 0 Å². The van der Waals surface area contributed by atoms with Gasteiger partial charge < -0.3 is 4.90 Å². The first-order chi connectivity index (χ1) is 6.64. The Labute approximate surface area is 88.9 Å². The molecule has 0 aromatic carbocycles. The lowest BCUT2D eigenvalue weighted by Crippen LogP contribution is -2.44. The van der Waals surface area contributed by atoms with Crippen LogP contribution < -0.4 is 0 Å². The van der Waals surface area contributed by atoms with Crippen molar-refractivity contribution in [2.45, 2.75) is 58.9 Å². The second-order valence-electron chi connectivity index (χ2n) is 5.79. The first-order valence-electron chi connectivity index (χ1n) is 6.38. The van der Waals surface area contributed by atoms with E-state index in [0.717, 1.165) is 17.4 Å². The third kappa shape index (κ3) is 1.71. The van der Waals surface area contributed by atoms with E-state index in [4.69, 9.17) is 0 Å². The van der Waals surface area contributed by atoms with Crippen LogP contribution >= 0.6 is 0 Å². The molecule has 1 heteroatoms. The molecule has 1 nitrogen and oxygen atoms in total. The van der Waals surface area contributed by atoms with E-state index in [1.165, 1.54) is 45.2 Å². The zero-order valence-corrected chi connectivity index (χ0v) is 10.1. The molecule has 0 bridgehead atoms. The van der Waals surface area contributed by atoms with Crippen LogP contribution in [0.3, 0.4) is 0 Å². The van der Waals surface area contributed by atoms with Crippen LogP contribution in [0.2, 0.25) is 0 Å². The Morgan fingerprint density at radius 2 is 1.79 bits per heavy atom. The highest BCUT2D eigenvalue weighted by molar-refractivity contribution is 4.94. The third-order valence-corrected chi connectivity index (χ3v) is 4.88. The van der Waals surface area contributed by atoms with Crippen molar-refractivity contribution in [3.05, 3.63) is 0 Å². The lowest BCUT2D eigenvalue weighted by Gasteiger charge is -2.43. The van der Waals surface area contributed by atoms with Gasteiger partial charge in [-0.1, -0.05) is 19.8 Å². The fourth-order valence-electron chi connectivity index (χ4n) is 3.54. The highest BCUT2D eigenvalue weighted by Crippen LogP contribution is 2.50. The zero-order chi connectivity index (χ0) is 10.2. The van der Waals surface area contributed by atoms with Crippen LogP contribution in [0.4, 0.5) is 0 Å². The van der Waals surface area contributed by atoms with Gasteiger partial charge in [0.05, 0.1) is 0 Å². The number of likely N-dealkylation sites (tertiary alicyclic amines) is 1. The topological polar surface area (TPSA) is 3.24 Å². The summed E-state index contributed by atoms with van der Waals surface area (Å²) in [4.78, 5) is 2.65. The lowest BCUT2D eigenvalue weighted by atomic mass is 9.71. The molecule has 1 heterocycles. The molecule has 82 valence electrons. The van der Waals surface area contributed by atoms with Gasteiger partial charge in [0.25, 0.3) is 0 Å². The predicted octanol–water partition coefficient (Wildman–Crippen LogP) is 3.30. The van der Waals surface area contributed by atoms with Crippen LogP contribution in [0, 0.1) is 11.3 Å². The molecule has 0 N–H and O–H groups in total. The van der Waals surface area contributed by atoms with Gasteiger partial charge in [-0.3, -0.25) is 0 Å². The van der Waals surface area contributed by atoms with Crippen molar-refractivity contribution in [3.8, 4) is 0 Å². The van der Waals surface area contributed by atoms with Gasteiger partial charge in [-0.25, -0.2) is 0 Å². The van der Waals surface area contributed by atoms with Gasteiger partial charge in [-0.15, -0.1) is 0 Å². The maximum atomic E-state index is 2.65. The quantitative estimate of drug-likeness (QED) is 0.620. The third-order valence-electron chi connectivity index (χ3n) is 4.88. The molecule has 1 aliphatic heterocycles. The second kappa shape index (κ2) is 3.84. The Morgan fingerprint density at radius 3 is 2.21 bits per heavy atom. The first kappa shape index (κ1) is 10.5. The highest BCUT2D eigenvalue weighted by atomic mass is 15.2. The van der Waals surface area contributed by atoms with E-state index in [9.17, 15) is 0 Å². The van der Waals surface area contributed by atoms with E-state index >= 15 is 0 Å². The summed E-state index contributed by atoms with van der Waals surface area (Å²) in [5.74, 6) is 0.997. The Bertz CT molecular complexity index is 189. The van der Waals surface area contributed by atoms with Crippen molar-refractivity contribution in [2.75, 3.05) is 13.1 Å². The molecule has 1 saturated heterocycles. The summed E-state index contributed by atoms with van der Waals surface area (Å²) in [5, 5.41) is 0. The SMILES string of the molecule is CC(C)N1CCC2(CCC[C@H]2C)CC1. The monoisotopic (exact) mass is 195 g/mol. The average molecular weight is 195 g/mol. The van der Waals surface area contributed by atoms with E-state index in [-0.39, 0.29) is 0 Å². The number of hydrogen-bond donors (Lipinski definition) is 0. The molecule has 2 rings (SSSR count). The summed E-state index contributed by atoms with van der Waals surface area (Å²) < 4.78 is 0. The van der Waals surface area contributed by atoms with Gasteiger partial charge in [0.15, 0.2) is 0 Å². The van der Waals surface area contributed by atoms with Crippen molar-refractivity contribution >= 4 is 0 Å². The average Bonchev–Trinajstić information content (AvgIpc) is 2.49. The summed E-state index contributed by atoms with van der Waals surface area (Å²) >= 11 is 0. The van der Waals surface area contributed by atoms with Gasteiger partial charge in [0, 0.05) is 6.04 Å². The molecule has 0 aromatic rings. The maximum absolute atomic E-state index is 2.65. The minimum atomic E-state index is 0.754. The summed E-state index contributed by atoms with van der Waals surface area (Å²) in [6.45, 7) is 9.84. The molecule has 0 aromatic heterocycles. The van der Waals surface area contributed by atoms with E-state index in [1.54, 1.807) is 0 Å². The number of piperidine rings is 1. The number of rotatable bonds is 1. The largest absolute Gasteiger partial charge is 0.301 e. The van der Waals surface area contributed by atoms with Crippen LogP contribution in [0.25, 0.3) is 0 Å². The van der Waals surface area contributed by atoms with Crippen molar-refractivity contribution in [2.24, 2.45) is 11.3 Å². The van der Waals surface area contributed by atoms with Crippen LogP contribution in [0.5, 0.6) is 0 Å². The normalized spacial score (nSPS) is 33.0. The van der Waals surface area contributed by atoms with E-state index in [2.05, 4.69) is 25.7 Å². The molecule has 1 atom stereocenters. The summed E-state index contributed by atoms with van der Waals surface area (Å²) in [7, 11) is 0. The second-order valence-corrected chi connectivity index (χ2v) is 5.79. The van der Waals surface area contributed by atoms with Crippen molar-refractivity contribution in [1.29, 1.82) is 0 Å². The Kier molecular flexibility index (Phi) is 2.88. The fourth-order valence-corrected chi connectivity index (χ4v) is 3.54. The minimum Gasteiger partial charge on any atom is -0.301 e. The molecule has 2 aliphatic rings. The standard InChI is InChI=1S/C13H25N/c1-11(2)14-9-7-13(8-10-14)6-4-5-12(13)3/h11-12H,4-10H2,1-3H3/t12-/m1/s1. The summed E-state index contributed by atoms with van der Waals surface area (Å²) in [5.41, 5.74) is 0.755. The molecule has 14 heavy (non-hydrogen) atoms. The minimum absolute atomic E-state index is 0.754. The van der Waals surface area contributed by atoms with Gasteiger partial charge in [0.1, 0.15) is 0 Å². The molecular formula is C13H25N. The number of nitrogens with zero attached hydrogens (tertiary/aromatic N) is 1. The van der Waals surface area contributed by atoms with Crippen molar-refractivity contribution in [1.82, 2.24) is 4.90 Å². The van der Waals surface area contributed by atoms with Crippen LogP contribution in [0.1, 0.15) is 52.9 Å². The molecular weight excluding hydrogens is 170 g/mol. The van der Waals surface area contributed by atoms with E-state index < -0.39 is 0 Å². The molecule has 0 radical (unpaired) electrons. The molecule has 1 aliphatic carbocycles. The Morgan fingerprint density at radius 1 is 1.14 bits per heavy atom. The smallest absolute Gasteiger partial charge is 0.00385 e. The van der Waals surface area contributed by atoms with Gasteiger partial charge in [-0.05, 0) is 57.5 Å². The van der Waals surface area contributed by atoms with Crippen LogP contribution in [-0.2, 0) is 0 Å². The van der Waals surface area contributed by atoms with E-state index in [0.29, 0.717) is 0 Å². The van der Waals surface area contributed by atoms with Crippen molar-refractivity contribution in [3.63, 3.8) is 0 Å². The molecule has 0 amide bonds. The predicted molar refractivity (Wildman–Crippen MR) is 61.4 cm³/mol. The molecule has 0 unspecified atom stereocenters.